The lowest BCUT2D eigenvalue weighted by Crippen LogP contribution is -2.14. The van der Waals surface area contributed by atoms with Gasteiger partial charge in [0.1, 0.15) is 5.76 Å². The molecule has 0 unspecified atom stereocenters. The third kappa shape index (κ3) is 5.28. The molecule has 86 valence electrons. The van der Waals surface area contributed by atoms with Gasteiger partial charge in [-0.1, -0.05) is 6.42 Å². The fourth-order valence-electron chi connectivity index (χ4n) is 1.46. The maximum atomic E-state index is 5.34. The van der Waals surface area contributed by atoms with Crippen LogP contribution in [0.15, 0.2) is 16.7 Å². The molecule has 0 aliphatic carbocycles. The summed E-state index contributed by atoms with van der Waals surface area (Å²) in [4.78, 5) is 0. The van der Waals surface area contributed by atoms with Crippen LogP contribution in [0.2, 0.25) is 0 Å². The zero-order chi connectivity index (χ0) is 10.9. The van der Waals surface area contributed by atoms with Crippen molar-refractivity contribution in [2.24, 2.45) is 0 Å². The number of unbranched alkanes of at least 4 members (excludes halogenated alkanes) is 2. The third-order valence-electron chi connectivity index (χ3n) is 2.46. The Morgan fingerprint density at radius 1 is 1.33 bits per heavy atom. The van der Waals surface area contributed by atoms with Crippen LogP contribution in [-0.4, -0.2) is 18.6 Å². The second-order valence-electron chi connectivity index (χ2n) is 3.76. The number of hydrogen-bond donors (Lipinski definition) is 1. The number of aryl methyl sites for hydroxylation is 1. The fourth-order valence-corrected chi connectivity index (χ4v) is 1.95. The van der Waals surface area contributed by atoms with Gasteiger partial charge >= 0.3 is 0 Å². The molecule has 1 aromatic heterocycles. The highest BCUT2D eigenvalue weighted by Gasteiger charge is 1.99. The molecule has 2 nitrogen and oxygen atoms in total. The van der Waals surface area contributed by atoms with E-state index in [1.807, 2.05) is 17.8 Å². The maximum Gasteiger partial charge on any atom is 0.120 e. The number of rotatable bonds is 8. The van der Waals surface area contributed by atoms with Crippen molar-refractivity contribution in [1.29, 1.82) is 0 Å². The molecule has 0 aliphatic rings. The van der Waals surface area contributed by atoms with Gasteiger partial charge in [0.15, 0.2) is 0 Å². The number of furan rings is 1. The van der Waals surface area contributed by atoms with Crippen molar-refractivity contribution < 1.29 is 4.42 Å². The summed E-state index contributed by atoms with van der Waals surface area (Å²) < 4.78 is 5.34. The van der Waals surface area contributed by atoms with Crippen LogP contribution in [-0.2, 0) is 6.54 Å². The minimum Gasteiger partial charge on any atom is -0.468 e. The summed E-state index contributed by atoms with van der Waals surface area (Å²) in [6, 6.07) is 2.01. The van der Waals surface area contributed by atoms with Gasteiger partial charge in [-0.15, -0.1) is 0 Å². The van der Waals surface area contributed by atoms with Crippen LogP contribution in [0.4, 0.5) is 0 Å². The summed E-state index contributed by atoms with van der Waals surface area (Å²) in [5, 5.41) is 3.40. The maximum absolute atomic E-state index is 5.34. The molecule has 1 aromatic rings. The molecule has 1 N–H and O–H groups in total. The highest BCUT2D eigenvalue weighted by atomic mass is 32.2. The highest BCUT2D eigenvalue weighted by molar-refractivity contribution is 7.98. The van der Waals surface area contributed by atoms with Crippen molar-refractivity contribution in [1.82, 2.24) is 5.32 Å². The normalized spacial score (nSPS) is 10.8. The summed E-state index contributed by atoms with van der Waals surface area (Å²) in [5.74, 6) is 2.36. The standard InChI is InChI=1S/C12H21NOS/c1-11-6-8-14-12(11)10-13-7-4-3-5-9-15-2/h6,8,13H,3-5,7,9-10H2,1-2H3. The predicted octanol–water partition coefficient (Wildman–Crippen LogP) is 3.21. The molecule has 0 aromatic carbocycles. The van der Waals surface area contributed by atoms with Gasteiger partial charge in [-0.3, -0.25) is 0 Å². The smallest absolute Gasteiger partial charge is 0.120 e. The molecule has 0 bridgehead atoms. The van der Waals surface area contributed by atoms with Crippen molar-refractivity contribution in [3.8, 4) is 0 Å². The predicted molar refractivity (Wildman–Crippen MR) is 67.4 cm³/mol. The van der Waals surface area contributed by atoms with Crippen molar-refractivity contribution >= 4 is 11.8 Å². The van der Waals surface area contributed by atoms with Crippen LogP contribution in [0.5, 0.6) is 0 Å². The summed E-state index contributed by atoms with van der Waals surface area (Å²) in [6.45, 7) is 4.04. The molecule has 0 saturated carbocycles. The number of hydrogen-bond acceptors (Lipinski definition) is 3. The van der Waals surface area contributed by atoms with E-state index in [2.05, 4.69) is 18.5 Å². The van der Waals surface area contributed by atoms with Gasteiger partial charge in [0.05, 0.1) is 12.8 Å². The van der Waals surface area contributed by atoms with E-state index in [0.717, 1.165) is 18.8 Å². The SMILES string of the molecule is CSCCCCCNCc1occc1C. The first-order valence-electron chi connectivity index (χ1n) is 5.57. The summed E-state index contributed by atoms with van der Waals surface area (Å²) in [5.41, 5.74) is 1.24. The van der Waals surface area contributed by atoms with Crippen LogP contribution in [0.25, 0.3) is 0 Å². The summed E-state index contributed by atoms with van der Waals surface area (Å²) >= 11 is 1.93. The Labute approximate surface area is 96.8 Å². The Kier molecular flexibility index (Phi) is 6.60. The van der Waals surface area contributed by atoms with Gasteiger partial charge in [-0.2, -0.15) is 11.8 Å². The van der Waals surface area contributed by atoms with E-state index < -0.39 is 0 Å². The van der Waals surface area contributed by atoms with Gasteiger partial charge in [0.25, 0.3) is 0 Å². The molecule has 0 atom stereocenters. The van der Waals surface area contributed by atoms with Gasteiger partial charge in [0.2, 0.25) is 0 Å². The second kappa shape index (κ2) is 7.83. The number of thioether (sulfide) groups is 1. The van der Waals surface area contributed by atoms with E-state index in [1.54, 1.807) is 6.26 Å². The molecular weight excluding hydrogens is 206 g/mol. The van der Waals surface area contributed by atoms with E-state index in [1.165, 1.54) is 30.6 Å². The van der Waals surface area contributed by atoms with Crippen LogP contribution in [0.3, 0.4) is 0 Å². The Bertz CT molecular complexity index is 260. The lowest BCUT2D eigenvalue weighted by Gasteiger charge is -2.03. The molecule has 0 spiro atoms. The molecule has 3 heteroatoms. The Morgan fingerprint density at radius 3 is 2.87 bits per heavy atom. The molecule has 0 amide bonds. The molecule has 0 aliphatic heterocycles. The molecule has 1 rings (SSSR count). The Hall–Kier alpha value is -0.410. The Balaban J connectivity index is 1.96. The van der Waals surface area contributed by atoms with Crippen molar-refractivity contribution in [3.63, 3.8) is 0 Å². The number of nitrogens with one attached hydrogen (secondary N) is 1. The second-order valence-corrected chi connectivity index (χ2v) is 4.74. The molecular formula is C12H21NOS. The summed E-state index contributed by atoms with van der Waals surface area (Å²) in [7, 11) is 0. The molecule has 15 heavy (non-hydrogen) atoms. The van der Waals surface area contributed by atoms with E-state index >= 15 is 0 Å². The molecule has 0 radical (unpaired) electrons. The first-order valence-corrected chi connectivity index (χ1v) is 6.96. The lowest BCUT2D eigenvalue weighted by molar-refractivity contribution is 0.476. The fraction of sp³-hybridized carbons (Fsp3) is 0.667. The lowest BCUT2D eigenvalue weighted by atomic mass is 10.2. The van der Waals surface area contributed by atoms with Gasteiger partial charge in [-0.05, 0) is 49.9 Å². The van der Waals surface area contributed by atoms with Gasteiger partial charge < -0.3 is 9.73 Å². The zero-order valence-electron chi connectivity index (χ0n) is 9.71. The molecule has 0 saturated heterocycles. The largest absolute Gasteiger partial charge is 0.468 e. The van der Waals surface area contributed by atoms with Crippen LogP contribution >= 0.6 is 11.8 Å². The zero-order valence-corrected chi connectivity index (χ0v) is 10.5. The van der Waals surface area contributed by atoms with Crippen molar-refractivity contribution in [2.45, 2.75) is 32.7 Å². The van der Waals surface area contributed by atoms with Crippen molar-refractivity contribution in [2.75, 3.05) is 18.6 Å². The van der Waals surface area contributed by atoms with Crippen LogP contribution in [0, 0.1) is 6.92 Å². The summed E-state index contributed by atoms with van der Waals surface area (Å²) in [6.07, 6.45) is 7.84. The van der Waals surface area contributed by atoms with Gasteiger partial charge in [-0.25, -0.2) is 0 Å². The first-order chi connectivity index (χ1) is 7.34. The minimum absolute atomic E-state index is 0.862. The average Bonchev–Trinajstić information content (AvgIpc) is 2.63. The minimum atomic E-state index is 0.862. The first kappa shape index (κ1) is 12.7. The topological polar surface area (TPSA) is 25.2 Å². The molecule has 1 heterocycles. The van der Waals surface area contributed by atoms with E-state index in [9.17, 15) is 0 Å². The third-order valence-corrected chi connectivity index (χ3v) is 3.15. The van der Waals surface area contributed by atoms with E-state index in [4.69, 9.17) is 4.42 Å². The highest BCUT2D eigenvalue weighted by Crippen LogP contribution is 2.08. The van der Waals surface area contributed by atoms with Crippen molar-refractivity contribution in [3.05, 3.63) is 23.7 Å². The quantitative estimate of drug-likeness (QED) is 0.690. The van der Waals surface area contributed by atoms with E-state index in [-0.39, 0.29) is 0 Å². The van der Waals surface area contributed by atoms with Crippen LogP contribution < -0.4 is 5.32 Å². The van der Waals surface area contributed by atoms with Gasteiger partial charge in [0, 0.05) is 0 Å². The molecule has 0 fully saturated rings. The monoisotopic (exact) mass is 227 g/mol. The van der Waals surface area contributed by atoms with Crippen LogP contribution in [0.1, 0.15) is 30.6 Å². The Morgan fingerprint density at radius 2 is 2.20 bits per heavy atom. The van der Waals surface area contributed by atoms with E-state index in [0.29, 0.717) is 0 Å². The average molecular weight is 227 g/mol.